The standard InChI is InChI=1S/C17H31N3S/c1-9-10-18-14-12(4)15(21-13(5)11(2)3)20-16(19-14)17(6,7)8/h11,13H,9-10H2,1-8H3,(H,18,19,20). The van der Waals surface area contributed by atoms with Gasteiger partial charge in [-0.1, -0.05) is 48.5 Å². The Labute approximate surface area is 134 Å². The molecule has 0 bridgehead atoms. The van der Waals surface area contributed by atoms with Crippen molar-refractivity contribution in [1.82, 2.24) is 9.97 Å². The molecule has 4 heteroatoms. The Morgan fingerprint density at radius 3 is 2.24 bits per heavy atom. The van der Waals surface area contributed by atoms with E-state index in [0.29, 0.717) is 11.2 Å². The molecule has 0 saturated carbocycles. The number of anilines is 1. The molecule has 0 radical (unpaired) electrons. The highest BCUT2D eigenvalue weighted by molar-refractivity contribution is 7.99. The lowest BCUT2D eigenvalue weighted by Crippen LogP contribution is -2.19. The average molecular weight is 310 g/mol. The number of thioether (sulfide) groups is 1. The van der Waals surface area contributed by atoms with Crippen molar-refractivity contribution in [2.24, 2.45) is 5.92 Å². The Balaban J connectivity index is 3.20. The fourth-order valence-corrected chi connectivity index (χ4v) is 2.71. The zero-order valence-corrected chi connectivity index (χ0v) is 15.7. The van der Waals surface area contributed by atoms with E-state index >= 15 is 0 Å². The van der Waals surface area contributed by atoms with E-state index in [2.05, 4.69) is 60.7 Å². The van der Waals surface area contributed by atoms with Gasteiger partial charge in [-0.25, -0.2) is 9.97 Å². The molecule has 120 valence electrons. The Morgan fingerprint density at radius 2 is 1.76 bits per heavy atom. The van der Waals surface area contributed by atoms with Gasteiger partial charge in [-0.2, -0.15) is 0 Å². The van der Waals surface area contributed by atoms with Crippen molar-refractivity contribution in [3.05, 3.63) is 11.4 Å². The van der Waals surface area contributed by atoms with Crippen molar-refractivity contribution in [2.45, 2.75) is 77.5 Å². The third kappa shape index (κ3) is 5.17. The molecule has 0 aliphatic heterocycles. The zero-order valence-electron chi connectivity index (χ0n) is 14.9. The Morgan fingerprint density at radius 1 is 1.14 bits per heavy atom. The third-order valence-corrected chi connectivity index (χ3v) is 5.09. The molecule has 1 atom stereocenters. The van der Waals surface area contributed by atoms with Crippen LogP contribution in [0, 0.1) is 12.8 Å². The van der Waals surface area contributed by atoms with Crippen LogP contribution in [0.1, 0.15) is 66.3 Å². The van der Waals surface area contributed by atoms with Gasteiger partial charge in [0, 0.05) is 22.8 Å². The molecule has 1 unspecified atom stereocenters. The molecular formula is C17H31N3S. The summed E-state index contributed by atoms with van der Waals surface area (Å²) in [6.45, 7) is 18.5. The molecule has 0 aromatic carbocycles. The second-order valence-electron chi connectivity index (χ2n) is 7.07. The molecule has 0 aliphatic carbocycles. The highest BCUT2D eigenvalue weighted by Crippen LogP contribution is 2.33. The van der Waals surface area contributed by atoms with Crippen LogP contribution in [0.15, 0.2) is 5.03 Å². The van der Waals surface area contributed by atoms with Crippen molar-refractivity contribution in [3.63, 3.8) is 0 Å². The first kappa shape index (κ1) is 18.3. The molecule has 1 aromatic heterocycles. The number of hydrogen-bond donors (Lipinski definition) is 1. The van der Waals surface area contributed by atoms with Crippen molar-refractivity contribution >= 4 is 17.6 Å². The molecule has 1 rings (SSSR count). The summed E-state index contributed by atoms with van der Waals surface area (Å²) in [6.07, 6.45) is 1.10. The molecule has 0 saturated heterocycles. The van der Waals surface area contributed by atoms with Gasteiger partial charge >= 0.3 is 0 Å². The predicted molar refractivity (Wildman–Crippen MR) is 94.4 cm³/mol. The van der Waals surface area contributed by atoms with E-state index in [9.17, 15) is 0 Å². The maximum absolute atomic E-state index is 4.85. The van der Waals surface area contributed by atoms with Crippen LogP contribution in [0.2, 0.25) is 0 Å². The number of hydrogen-bond acceptors (Lipinski definition) is 4. The van der Waals surface area contributed by atoms with E-state index in [1.807, 2.05) is 11.8 Å². The van der Waals surface area contributed by atoms with E-state index in [4.69, 9.17) is 9.97 Å². The number of nitrogens with one attached hydrogen (secondary N) is 1. The molecule has 0 aliphatic rings. The van der Waals surface area contributed by atoms with Crippen molar-refractivity contribution in [1.29, 1.82) is 0 Å². The van der Waals surface area contributed by atoms with E-state index in [1.165, 1.54) is 5.56 Å². The third-order valence-electron chi connectivity index (χ3n) is 3.55. The van der Waals surface area contributed by atoms with Gasteiger partial charge in [0.2, 0.25) is 0 Å². The Hall–Kier alpha value is -0.770. The number of rotatable bonds is 6. The minimum Gasteiger partial charge on any atom is -0.370 e. The summed E-state index contributed by atoms with van der Waals surface area (Å²) in [4.78, 5) is 9.60. The molecule has 1 aromatic rings. The first-order valence-electron chi connectivity index (χ1n) is 7.96. The van der Waals surface area contributed by atoms with Crippen LogP contribution in [0.5, 0.6) is 0 Å². The number of nitrogens with zero attached hydrogens (tertiary/aromatic N) is 2. The summed E-state index contributed by atoms with van der Waals surface area (Å²) >= 11 is 1.87. The van der Waals surface area contributed by atoms with Crippen LogP contribution >= 0.6 is 11.8 Å². The van der Waals surface area contributed by atoms with Gasteiger partial charge in [0.15, 0.2) is 0 Å². The first-order chi connectivity index (χ1) is 9.66. The van der Waals surface area contributed by atoms with Gasteiger partial charge in [-0.05, 0) is 19.3 Å². The van der Waals surface area contributed by atoms with E-state index in [-0.39, 0.29) is 5.41 Å². The van der Waals surface area contributed by atoms with Crippen LogP contribution in [0.25, 0.3) is 0 Å². The molecule has 21 heavy (non-hydrogen) atoms. The summed E-state index contributed by atoms with van der Waals surface area (Å²) in [7, 11) is 0. The second-order valence-corrected chi connectivity index (χ2v) is 8.44. The minimum atomic E-state index is -0.0350. The summed E-state index contributed by atoms with van der Waals surface area (Å²) in [6, 6.07) is 0. The molecule has 0 fully saturated rings. The molecule has 3 nitrogen and oxygen atoms in total. The van der Waals surface area contributed by atoms with Gasteiger partial charge in [0.25, 0.3) is 0 Å². The molecule has 0 spiro atoms. The Kier molecular flexibility index (Phi) is 6.51. The van der Waals surface area contributed by atoms with Gasteiger partial charge in [-0.3, -0.25) is 0 Å². The minimum absolute atomic E-state index is 0.0350. The second kappa shape index (κ2) is 7.48. The van der Waals surface area contributed by atoms with E-state index < -0.39 is 0 Å². The maximum atomic E-state index is 4.85. The Bertz CT molecular complexity index is 464. The number of aromatic nitrogens is 2. The van der Waals surface area contributed by atoms with Crippen LogP contribution < -0.4 is 5.32 Å². The fourth-order valence-electron chi connectivity index (χ4n) is 1.67. The predicted octanol–water partition coefficient (Wildman–Crippen LogP) is 5.04. The quantitative estimate of drug-likeness (QED) is 0.590. The summed E-state index contributed by atoms with van der Waals surface area (Å²) < 4.78 is 0. The van der Waals surface area contributed by atoms with E-state index in [1.54, 1.807) is 0 Å². The zero-order chi connectivity index (χ0) is 16.2. The summed E-state index contributed by atoms with van der Waals surface area (Å²) in [5.74, 6) is 2.55. The van der Waals surface area contributed by atoms with Gasteiger partial charge in [0.1, 0.15) is 16.7 Å². The van der Waals surface area contributed by atoms with Crippen LogP contribution in [0.3, 0.4) is 0 Å². The van der Waals surface area contributed by atoms with Gasteiger partial charge < -0.3 is 5.32 Å². The molecule has 1 N–H and O–H groups in total. The fraction of sp³-hybridized carbons (Fsp3) is 0.765. The summed E-state index contributed by atoms with van der Waals surface area (Å²) in [5.41, 5.74) is 1.14. The smallest absolute Gasteiger partial charge is 0.137 e. The van der Waals surface area contributed by atoms with Gasteiger partial charge in [0.05, 0.1) is 0 Å². The SMILES string of the molecule is CCCNc1nc(C(C)(C)C)nc(SC(C)C(C)C)c1C. The van der Waals surface area contributed by atoms with Crippen LogP contribution in [-0.4, -0.2) is 21.8 Å². The normalized spacial score (nSPS) is 13.6. The van der Waals surface area contributed by atoms with Crippen LogP contribution in [0.4, 0.5) is 5.82 Å². The van der Waals surface area contributed by atoms with Crippen molar-refractivity contribution in [2.75, 3.05) is 11.9 Å². The van der Waals surface area contributed by atoms with Crippen LogP contribution in [-0.2, 0) is 5.41 Å². The van der Waals surface area contributed by atoms with Crippen molar-refractivity contribution in [3.8, 4) is 0 Å². The highest BCUT2D eigenvalue weighted by Gasteiger charge is 2.22. The largest absolute Gasteiger partial charge is 0.370 e. The lowest BCUT2D eigenvalue weighted by atomic mass is 9.95. The summed E-state index contributed by atoms with van der Waals surface area (Å²) in [5, 5.41) is 5.12. The topological polar surface area (TPSA) is 37.8 Å². The average Bonchev–Trinajstić information content (AvgIpc) is 2.38. The molecule has 0 amide bonds. The molecular weight excluding hydrogens is 278 g/mol. The first-order valence-corrected chi connectivity index (χ1v) is 8.84. The van der Waals surface area contributed by atoms with Gasteiger partial charge in [-0.15, -0.1) is 11.8 Å². The monoisotopic (exact) mass is 309 g/mol. The molecule has 1 heterocycles. The van der Waals surface area contributed by atoms with E-state index in [0.717, 1.165) is 29.6 Å². The lowest BCUT2D eigenvalue weighted by molar-refractivity contribution is 0.537. The maximum Gasteiger partial charge on any atom is 0.137 e. The highest BCUT2D eigenvalue weighted by atomic mass is 32.2. The lowest BCUT2D eigenvalue weighted by Gasteiger charge is -2.22. The van der Waals surface area contributed by atoms with Crippen molar-refractivity contribution < 1.29 is 0 Å².